The summed E-state index contributed by atoms with van der Waals surface area (Å²) in [5, 5.41) is 0. The molecule has 134 valence electrons. The number of para-hydroxylation sites is 1. The molecule has 25 heavy (non-hydrogen) atoms. The van der Waals surface area contributed by atoms with E-state index in [0.29, 0.717) is 11.8 Å². The van der Waals surface area contributed by atoms with E-state index in [1.54, 1.807) is 6.07 Å². The van der Waals surface area contributed by atoms with E-state index in [0.717, 1.165) is 24.0 Å². The zero-order valence-electron chi connectivity index (χ0n) is 14.5. The molecule has 0 heterocycles. The second-order valence-electron chi connectivity index (χ2n) is 5.63. The van der Waals surface area contributed by atoms with Crippen molar-refractivity contribution < 1.29 is 23.3 Å². The second-order valence-corrected chi connectivity index (χ2v) is 7.19. The number of benzene rings is 2. The molecule has 0 bridgehead atoms. The van der Waals surface area contributed by atoms with Crippen LogP contribution in [0.2, 0.25) is 0 Å². The third kappa shape index (κ3) is 5.00. The summed E-state index contributed by atoms with van der Waals surface area (Å²) in [5.41, 5.74) is 3.78. The average Bonchev–Trinajstić information content (AvgIpc) is 2.62. The molecule has 0 aliphatic carbocycles. The predicted octanol–water partition coefficient (Wildman–Crippen LogP) is 3.81. The number of hydrogen-bond donors (Lipinski definition) is 1. The zero-order valence-corrected chi connectivity index (χ0v) is 15.3. The molecule has 0 aliphatic rings. The minimum absolute atomic E-state index is 0.233. The van der Waals surface area contributed by atoms with Crippen molar-refractivity contribution in [3.63, 3.8) is 0 Å². The van der Waals surface area contributed by atoms with Gasteiger partial charge in [-0.15, -0.1) is 0 Å². The molecule has 0 fully saturated rings. The van der Waals surface area contributed by atoms with Crippen LogP contribution in [0.4, 0.5) is 11.4 Å². The van der Waals surface area contributed by atoms with Gasteiger partial charge in [0.15, 0.2) is 0 Å². The number of carbonyl (C=O) groups is 1. The van der Waals surface area contributed by atoms with Gasteiger partial charge in [0.2, 0.25) is 0 Å². The predicted molar refractivity (Wildman–Crippen MR) is 97.3 cm³/mol. The Morgan fingerprint density at radius 2 is 1.96 bits per heavy atom. The molecule has 0 aromatic heterocycles. The van der Waals surface area contributed by atoms with Crippen molar-refractivity contribution >= 4 is 25.5 Å². The number of aldehydes is 1. The lowest BCUT2D eigenvalue weighted by molar-refractivity contribution is -0.109. The Morgan fingerprint density at radius 3 is 2.60 bits per heavy atom. The molecule has 0 amide bonds. The van der Waals surface area contributed by atoms with Gasteiger partial charge in [0, 0.05) is 25.5 Å². The van der Waals surface area contributed by atoms with Crippen LogP contribution in [0.15, 0.2) is 48.5 Å². The summed E-state index contributed by atoms with van der Waals surface area (Å²) in [6, 6.07) is 15.4. The van der Waals surface area contributed by atoms with Gasteiger partial charge in [-0.25, -0.2) is 4.57 Å². The van der Waals surface area contributed by atoms with E-state index in [1.165, 1.54) is 0 Å². The lowest BCUT2D eigenvalue weighted by atomic mass is 10.0. The highest BCUT2D eigenvalue weighted by Crippen LogP contribution is 2.43. The van der Waals surface area contributed by atoms with Crippen molar-refractivity contribution in [2.24, 2.45) is 0 Å². The third-order valence-corrected chi connectivity index (χ3v) is 4.91. The van der Waals surface area contributed by atoms with Crippen LogP contribution in [0.1, 0.15) is 17.0 Å². The van der Waals surface area contributed by atoms with Gasteiger partial charge in [-0.3, -0.25) is 9.05 Å². The molecule has 2 unspecified atom stereocenters. The highest BCUT2D eigenvalue weighted by Gasteiger charge is 2.22. The van der Waals surface area contributed by atoms with Gasteiger partial charge in [-0.05, 0) is 36.2 Å². The number of hydrogen-bond acceptors (Lipinski definition) is 5. The van der Waals surface area contributed by atoms with Crippen LogP contribution in [0, 0.1) is 6.92 Å². The Morgan fingerprint density at radius 1 is 1.24 bits per heavy atom. The van der Waals surface area contributed by atoms with Crippen molar-refractivity contribution in [3.8, 4) is 0 Å². The lowest BCUT2D eigenvalue weighted by Gasteiger charge is -2.23. The van der Waals surface area contributed by atoms with Crippen LogP contribution in [-0.2, 0) is 18.4 Å². The van der Waals surface area contributed by atoms with Crippen molar-refractivity contribution in [2.75, 3.05) is 25.7 Å². The first-order valence-electron chi connectivity index (χ1n) is 7.75. The minimum atomic E-state index is -4.12. The Balaban J connectivity index is 2.23. The highest BCUT2D eigenvalue weighted by atomic mass is 31.2. The zero-order chi connectivity index (χ0) is 18.4. The van der Waals surface area contributed by atoms with Gasteiger partial charge in [0.1, 0.15) is 6.29 Å². The summed E-state index contributed by atoms with van der Waals surface area (Å²) in [6.45, 7) is 1.80. The summed E-state index contributed by atoms with van der Waals surface area (Å²) in [4.78, 5) is 22.8. The fraction of sp³-hybridized carbons (Fsp3) is 0.278. The summed E-state index contributed by atoms with van der Waals surface area (Å²) in [5.74, 6) is -0.666. The molecule has 0 saturated carbocycles. The van der Waals surface area contributed by atoms with E-state index in [4.69, 9.17) is 4.52 Å². The summed E-state index contributed by atoms with van der Waals surface area (Å²) in [7, 11) is -1.09. The first-order chi connectivity index (χ1) is 11.9. The highest BCUT2D eigenvalue weighted by molar-refractivity contribution is 7.47. The number of anilines is 2. The van der Waals surface area contributed by atoms with Gasteiger partial charge in [-0.2, -0.15) is 0 Å². The second kappa shape index (κ2) is 8.41. The van der Waals surface area contributed by atoms with Crippen LogP contribution in [-0.4, -0.2) is 31.9 Å². The van der Waals surface area contributed by atoms with E-state index in [2.05, 4.69) is 4.52 Å². The quantitative estimate of drug-likeness (QED) is 0.568. The van der Waals surface area contributed by atoms with Gasteiger partial charge in [-0.1, -0.05) is 30.3 Å². The summed E-state index contributed by atoms with van der Waals surface area (Å²) < 4.78 is 20.6. The maximum atomic E-state index is 11.4. The van der Waals surface area contributed by atoms with E-state index >= 15 is 0 Å². The molecule has 2 rings (SSSR count). The number of carbonyl (C=O) groups excluding carboxylic acids is 1. The topological polar surface area (TPSA) is 76.1 Å². The van der Waals surface area contributed by atoms with E-state index in [-0.39, 0.29) is 6.61 Å². The smallest absolute Gasteiger partial charge is 0.344 e. The van der Waals surface area contributed by atoms with E-state index in [9.17, 15) is 14.3 Å². The maximum absolute atomic E-state index is 11.4. The van der Waals surface area contributed by atoms with Crippen LogP contribution < -0.4 is 4.90 Å². The van der Waals surface area contributed by atoms with Crippen LogP contribution in [0.3, 0.4) is 0 Å². The molecule has 0 radical (unpaired) electrons. The number of nitrogens with zero attached hydrogens (tertiary/aromatic N) is 1. The molecule has 2 aromatic carbocycles. The molecule has 2 aromatic rings. The molecule has 6 nitrogen and oxygen atoms in total. The minimum Gasteiger partial charge on any atom is -0.344 e. The number of phosphoric ester groups is 1. The monoisotopic (exact) mass is 363 g/mol. The number of rotatable bonds is 8. The molecular weight excluding hydrogens is 341 g/mol. The van der Waals surface area contributed by atoms with Gasteiger partial charge >= 0.3 is 7.82 Å². The molecule has 0 aliphatic heterocycles. The van der Waals surface area contributed by atoms with Crippen LogP contribution in [0.25, 0.3) is 0 Å². The summed E-state index contributed by atoms with van der Waals surface area (Å²) in [6.07, 6.45) is 0.697. The first kappa shape index (κ1) is 19.3. The lowest BCUT2D eigenvalue weighted by Crippen LogP contribution is -2.13. The Hall–Kier alpha value is -1.98. The largest absolute Gasteiger partial charge is 0.471 e. The molecule has 0 saturated heterocycles. The third-order valence-electron chi connectivity index (χ3n) is 3.97. The van der Waals surface area contributed by atoms with Gasteiger partial charge in [0.25, 0.3) is 0 Å². The fourth-order valence-electron chi connectivity index (χ4n) is 2.48. The average molecular weight is 363 g/mol. The van der Waals surface area contributed by atoms with Gasteiger partial charge < -0.3 is 14.6 Å². The normalized spacial score (nSPS) is 14.6. The van der Waals surface area contributed by atoms with E-state index < -0.39 is 13.7 Å². The Labute approximate surface area is 147 Å². The Kier molecular flexibility index (Phi) is 6.51. The summed E-state index contributed by atoms with van der Waals surface area (Å²) >= 11 is 0. The standard InChI is InChI=1S/C18H22NO5P/c1-14-7-4-5-10-18(14)19(2)17-9-6-8-15(11-17)16(12-20)13-24-25(21,22)23-3/h4-12,16H,13H2,1-3H3,(H,21,22). The van der Waals surface area contributed by atoms with Crippen molar-refractivity contribution in [3.05, 3.63) is 59.7 Å². The molecular formula is C18H22NO5P. The maximum Gasteiger partial charge on any atom is 0.471 e. The van der Waals surface area contributed by atoms with E-state index in [1.807, 2.05) is 61.3 Å². The van der Waals surface area contributed by atoms with Crippen molar-refractivity contribution in [1.82, 2.24) is 0 Å². The number of phosphoric acid groups is 1. The fourth-order valence-corrected chi connectivity index (χ4v) is 2.94. The van der Waals surface area contributed by atoms with Crippen molar-refractivity contribution in [2.45, 2.75) is 12.8 Å². The van der Waals surface area contributed by atoms with Crippen LogP contribution >= 0.6 is 7.82 Å². The number of aryl methyl sites for hydroxylation is 1. The first-order valence-corrected chi connectivity index (χ1v) is 9.25. The molecule has 0 spiro atoms. The van der Waals surface area contributed by atoms with Crippen LogP contribution in [0.5, 0.6) is 0 Å². The molecule has 7 heteroatoms. The molecule has 1 N–H and O–H groups in total. The Bertz CT molecular complexity index is 780. The molecule has 2 atom stereocenters. The van der Waals surface area contributed by atoms with Gasteiger partial charge in [0.05, 0.1) is 12.5 Å². The van der Waals surface area contributed by atoms with Crippen molar-refractivity contribution in [1.29, 1.82) is 0 Å². The SMILES string of the molecule is COP(=O)(O)OCC(C=O)c1cccc(N(C)c2ccccc2C)c1.